The molecule has 2 aromatic rings. The van der Waals surface area contributed by atoms with Gasteiger partial charge in [0.25, 0.3) is 15.9 Å². The molecule has 0 aliphatic heterocycles. The van der Waals surface area contributed by atoms with E-state index in [-0.39, 0.29) is 29.3 Å². The number of carbonyl (C=O) groups is 2. The van der Waals surface area contributed by atoms with Gasteiger partial charge in [-0.3, -0.25) is 14.3 Å². The Bertz CT molecular complexity index is 929. The van der Waals surface area contributed by atoms with E-state index in [1.165, 1.54) is 30.1 Å². The highest BCUT2D eigenvalue weighted by molar-refractivity contribution is 9.10. The molecule has 9 heteroatoms. The van der Waals surface area contributed by atoms with Gasteiger partial charge in [0, 0.05) is 22.8 Å². The van der Waals surface area contributed by atoms with Crippen LogP contribution in [0.5, 0.6) is 0 Å². The van der Waals surface area contributed by atoms with Gasteiger partial charge in [-0.25, -0.2) is 8.42 Å². The number of hydrogen-bond donors (Lipinski definition) is 1. The van der Waals surface area contributed by atoms with Gasteiger partial charge >= 0.3 is 5.97 Å². The minimum absolute atomic E-state index is 0.0989. The number of hydrogen-bond acceptors (Lipinski definition) is 5. The molecule has 144 valence electrons. The number of rotatable bonds is 7. The first-order valence-corrected chi connectivity index (χ1v) is 10.3. The standard InChI is InChI=1S/C18H19BrN2O5S/c1-3-26-17(22)12-21(2)18(23)13-5-4-6-15(11-13)20-27(24,25)16-9-7-14(19)8-10-16/h4-11,20H,3,12H2,1-2H3. The van der Waals surface area contributed by atoms with Crippen molar-refractivity contribution in [3.05, 3.63) is 58.6 Å². The van der Waals surface area contributed by atoms with Crippen LogP contribution in [0.15, 0.2) is 57.9 Å². The Hall–Kier alpha value is -2.39. The topological polar surface area (TPSA) is 92.8 Å². The summed E-state index contributed by atoms with van der Waals surface area (Å²) in [5, 5.41) is 0. The fraction of sp³-hybridized carbons (Fsp3) is 0.222. The monoisotopic (exact) mass is 454 g/mol. The van der Waals surface area contributed by atoms with Gasteiger partial charge in [0.1, 0.15) is 6.54 Å². The van der Waals surface area contributed by atoms with Crippen LogP contribution in [0.2, 0.25) is 0 Å². The fourth-order valence-electron chi connectivity index (χ4n) is 2.24. The van der Waals surface area contributed by atoms with Crippen molar-refractivity contribution < 1.29 is 22.7 Å². The number of benzene rings is 2. The second-order valence-corrected chi connectivity index (χ2v) is 8.20. The average Bonchev–Trinajstić information content (AvgIpc) is 2.61. The summed E-state index contributed by atoms with van der Waals surface area (Å²) in [6.45, 7) is 1.72. The Morgan fingerprint density at radius 2 is 1.81 bits per heavy atom. The third-order valence-electron chi connectivity index (χ3n) is 3.50. The van der Waals surface area contributed by atoms with Crippen LogP contribution in [-0.4, -0.2) is 45.4 Å². The Kier molecular flexibility index (Phi) is 6.98. The van der Waals surface area contributed by atoms with E-state index in [1.807, 2.05) is 0 Å². The molecule has 0 heterocycles. The number of nitrogens with zero attached hydrogens (tertiary/aromatic N) is 1. The third kappa shape index (κ3) is 5.80. The molecule has 0 radical (unpaired) electrons. The van der Waals surface area contributed by atoms with E-state index in [2.05, 4.69) is 20.7 Å². The van der Waals surface area contributed by atoms with Gasteiger partial charge in [-0.2, -0.15) is 0 Å². The van der Waals surface area contributed by atoms with Crippen LogP contribution in [-0.2, 0) is 19.6 Å². The zero-order chi connectivity index (χ0) is 20.0. The lowest BCUT2D eigenvalue weighted by Gasteiger charge is -2.16. The lowest BCUT2D eigenvalue weighted by Crippen LogP contribution is -2.33. The lowest BCUT2D eigenvalue weighted by molar-refractivity contribution is -0.143. The quantitative estimate of drug-likeness (QED) is 0.649. The number of ether oxygens (including phenoxy) is 1. The number of likely N-dealkylation sites (N-methyl/N-ethyl adjacent to an activating group) is 1. The fourth-order valence-corrected chi connectivity index (χ4v) is 3.55. The molecular weight excluding hydrogens is 436 g/mol. The molecule has 1 amide bonds. The molecule has 0 aliphatic carbocycles. The number of anilines is 1. The third-order valence-corrected chi connectivity index (χ3v) is 5.43. The summed E-state index contributed by atoms with van der Waals surface area (Å²) >= 11 is 3.25. The highest BCUT2D eigenvalue weighted by atomic mass is 79.9. The number of amides is 1. The summed E-state index contributed by atoms with van der Waals surface area (Å²) in [7, 11) is -2.32. The van der Waals surface area contributed by atoms with Crippen LogP contribution in [0.4, 0.5) is 5.69 Å². The second-order valence-electron chi connectivity index (χ2n) is 5.61. The molecule has 0 fully saturated rings. The summed E-state index contributed by atoms with van der Waals surface area (Å²) in [5.74, 6) is -0.937. The Morgan fingerprint density at radius 3 is 2.44 bits per heavy atom. The highest BCUT2D eigenvalue weighted by Crippen LogP contribution is 2.20. The van der Waals surface area contributed by atoms with Gasteiger partial charge in [-0.05, 0) is 49.4 Å². The Labute approximate surface area is 166 Å². The largest absolute Gasteiger partial charge is 0.465 e. The first-order chi connectivity index (χ1) is 12.7. The maximum absolute atomic E-state index is 12.5. The molecule has 0 aliphatic rings. The van der Waals surface area contributed by atoms with E-state index in [9.17, 15) is 18.0 Å². The predicted octanol–water partition coefficient (Wildman–Crippen LogP) is 2.89. The molecule has 0 atom stereocenters. The second kappa shape index (κ2) is 9.01. The van der Waals surface area contributed by atoms with Crippen molar-refractivity contribution in [2.75, 3.05) is 24.9 Å². The average molecular weight is 455 g/mol. The lowest BCUT2D eigenvalue weighted by atomic mass is 10.2. The van der Waals surface area contributed by atoms with E-state index in [0.29, 0.717) is 0 Å². The van der Waals surface area contributed by atoms with Crippen LogP contribution >= 0.6 is 15.9 Å². The van der Waals surface area contributed by atoms with Crippen molar-refractivity contribution in [2.24, 2.45) is 0 Å². The van der Waals surface area contributed by atoms with Crippen molar-refractivity contribution in [2.45, 2.75) is 11.8 Å². The maximum Gasteiger partial charge on any atom is 0.325 e. The van der Waals surface area contributed by atoms with Crippen LogP contribution in [0.25, 0.3) is 0 Å². The smallest absolute Gasteiger partial charge is 0.325 e. The van der Waals surface area contributed by atoms with E-state index in [4.69, 9.17) is 4.74 Å². The Balaban J connectivity index is 2.16. The maximum atomic E-state index is 12.5. The molecule has 0 saturated carbocycles. The van der Waals surface area contributed by atoms with Crippen LogP contribution in [0, 0.1) is 0 Å². The molecule has 7 nitrogen and oxygen atoms in total. The zero-order valence-electron chi connectivity index (χ0n) is 14.8. The summed E-state index contributed by atoms with van der Waals surface area (Å²) < 4.78 is 32.9. The zero-order valence-corrected chi connectivity index (χ0v) is 17.2. The minimum atomic E-state index is -3.79. The number of sulfonamides is 1. The molecular formula is C18H19BrN2O5S. The van der Waals surface area contributed by atoms with Crippen LogP contribution in [0.3, 0.4) is 0 Å². The number of nitrogens with one attached hydrogen (secondary N) is 1. The van der Waals surface area contributed by atoms with E-state index in [0.717, 1.165) is 4.47 Å². The normalized spacial score (nSPS) is 10.9. The van der Waals surface area contributed by atoms with Crippen molar-refractivity contribution in [3.8, 4) is 0 Å². The number of carbonyl (C=O) groups excluding carboxylic acids is 2. The first kappa shape index (κ1) is 20.9. The van der Waals surface area contributed by atoms with Crippen molar-refractivity contribution in [3.63, 3.8) is 0 Å². The van der Waals surface area contributed by atoms with Gasteiger partial charge in [0.05, 0.1) is 11.5 Å². The molecule has 2 aromatic carbocycles. The first-order valence-electron chi connectivity index (χ1n) is 8.02. The SMILES string of the molecule is CCOC(=O)CN(C)C(=O)c1cccc(NS(=O)(=O)c2ccc(Br)cc2)c1. The molecule has 0 bridgehead atoms. The van der Waals surface area contributed by atoms with Crippen molar-refractivity contribution in [1.29, 1.82) is 0 Å². The van der Waals surface area contributed by atoms with Gasteiger partial charge in [0.15, 0.2) is 0 Å². The van der Waals surface area contributed by atoms with E-state index in [1.54, 1.807) is 37.3 Å². The van der Waals surface area contributed by atoms with Gasteiger partial charge in [-0.15, -0.1) is 0 Å². The summed E-state index contributed by atoms with van der Waals surface area (Å²) in [6, 6.07) is 12.2. The molecule has 1 N–H and O–H groups in total. The number of halogens is 1. The molecule has 0 unspecified atom stereocenters. The molecule has 0 spiro atoms. The highest BCUT2D eigenvalue weighted by Gasteiger charge is 2.18. The summed E-state index contributed by atoms with van der Waals surface area (Å²) in [5.41, 5.74) is 0.492. The van der Waals surface area contributed by atoms with Crippen LogP contribution in [0.1, 0.15) is 17.3 Å². The molecule has 2 rings (SSSR count). The number of esters is 1. The predicted molar refractivity (Wildman–Crippen MR) is 105 cm³/mol. The van der Waals surface area contributed by atoms with Gasteiger partial charge in [0.2, 0.25) is 0 Å². The van der Waals surface area contributed by atoms with Crippen molar-refractivity contribution in [1.82, 2.24) is 4.90 Å². The molecule has 27 heavy (non-hydrogen) atoms. The Morgan fingerprint density at radius 1 is 1.15 bits per heavy atom. The van der Waals surface area contributed by atoms with Crippen LogP contribution < -0.4 is 4.72 Å². The van der Waals surface area contributed by atoms with Crippen molar-refractivity contribution >= 4 is 43.5 Å². The molecule has 0 saturated heterocycles. The van der Waals surface area contributed by atoms with Gasteiger partial charge < -0.3 is 9.64 Å². The van der Waals surface area contributed by atoms with Gasteiger partial charge in [-0.1, -0.05) is 22.0 Å². The summed E-state index contributed by atoms with van der Waals surface area (Å²) in [4.78, 5) is 25.3. The van der Waals surface area contributed by atoms with E-state index < -0.39 is 21.9 Å². The minimum Gasteiger partial charge on any atom is -0.465 e. The van der Waals surface area contributed by atoms with E-state index >= 15 is 0 Å². The molecule has 0 aromatic heterocycles. The summed E-state index contributed by atoms with van der Waals surface area (Å²) in [6.07, 6.45) is 0.